The number of anilines is 1. The minimum absolute atomic E-state index is 0.0448. The zero-order valence-corrected chi connectivity index (χ0v) is 17.1. The largest absolute Gasteiger partial charge is 0.455 e. The highest BCUT2D eigenvalue weighted by atomic mass is 32.2. The van der Waals surface area contributed by atoms with E-state index in [1.54, 1.807) is 4.90 Å². The van der Waals surface area contributed by atoms with Gasteiger partial charge in [-0.1, -0.05) is 17.7 Å². The summed E-state index contributed by atoms with van der Waals surface area (Å²) in [5.74, 6) is -0.591. The Morgan fingerprint density at radius 2 is 2.00 bits per heavy atom. The van der Waals surface area contributed by atoms with Crippen molar-refractivity contribution in [3.05, 3.63) is 29.3 Å². The molecule has 1 aromatic rings. The number of aryl methyl sites for hydroxylation is 2. The molecule has 0 aliphatic carbocycles. The van der Waals surface area contributed by atoms with Gasteiger partial charge in [0, 0.05) is 18.3 Å². The molecule has 27 heavy (non-hydrogen) atoms. The van der Waals surface area contributed by atoms with E-state index in [0.717, 1.165) is 42.6 Å². The number of amides is 2. The number of rotatable bonds is 7. The first-order valence-corrected chi connectivity index (χ1v) is 10.4. The SMILES string of the molecule is Cc1ccc(NC(=O)CSCC(=O)OCC(=O)N2CCCC[C@H]2C)c(C)c1. The molecule has 1 fully saturated rings. The first-order chi connectivity index (χ1) is 12.9. The molecule has 1 N–H and O–H groups in total. The molecular weight excluding hydrogens is 364 g/mol. The van der Waals surface area contributed by atoms with Crippen molar-refractivity contribution in [2.24, 2.45) is 0 Å². The van der Waals surface area contributed by atoms with Crippen LogP contribution in [0.25, 0.3) is 0 Å². The summed E-state index contributed by atoms with van der Waals surface area (Å²) in [4.78, 5) is 37.7. The lowest BCUT2D eigenvalue weighted by Crippen LogP contribution is -2.44. The summed E-state index contributed by atoms with van der Waals surface area (Å²) in [6, 6.07) is 6.01. The van der Waals surface area contributed by atoms with Gasteiger partial charge >= 0.3 is 5.97 Å². The highest BCUT2D eigenvalue weighted by Gasteiger charge is 2.23. The molecule has 0 aromatic heterocycles. The molecule has 0 spiro atoms. The molecule has 1 aliphatic heterocycles. The lowest BCUT2D eigenvalue weighted by atomic mass is 10.0. The third-order valence-electron chi connectivity index (χ3n) is 4.59. The fourth-order valence-electron chi connectivity index (χ4n) is 3.10. The first-order valence-electron chi connectivity index (χ1n) is 9.26. The summed E-state index contributed by atoms with van der Waals surface area (Å²) >= 11 is 1.17. The number of ether oxygens (including phenoxy) is 1. The maximum Gasteiger partial charge on any atom is 0.316 e. The van der Waals surface area contributed by atoms with E-state index in [9.17, 15) is 14.4 Å². The van der Waals surface area contributed by atoms with Gasteiger partial charge in [-0.2, -0.15) is 0 Å². The van der Waals surface area contributed by atoms with E-state index in [1.165, 1.54) is 11.8 Å². The zero-order valence-electron chi connectivity index (χ0n) is 16.2. The van der Waals surface area contributed by atoms with Gasteiger partial charge in [0.1, 0.15) is 0 Å². The topological polar surface area (TPSA) is 75.7 Å². The summed E-state index contributed by atoms with van der Waals surface area (Å²) in [6.45, 7) is 6.45. The number of likely N-dealkylation sites (tertiary alicyclic amines) is 1. The van der Waals surface area contributed by atoms with Crippen LogP contribution in [0.4, 0.5) is 5.69 Å². The van der Waals surface area contributed by atoms with Crippen molar-refractivity contribution in [2.45, 2.75) is 46.1 Å². The molecule has 0 unspecified atom stereocenters. The number of esters is 1. The lowest BCUT2D eigenvalue weighted by Gasteiger charge is -2.33. The van der Waals surface area contributed by atoms with Crippen LogP contribution in [-0.2, 0) is 19.1 Å². The molecule has 1 aliphatic rings. The third-order valence-corrected chi connectivity index (χ3v) is 5.50. The van der Waals surface area contributed by atoms with E-state index in [4.69, 9.17) is 4.74 Å². The maximum absolute atomic E-state index is 12.1. The van der Waals surface area contributed by atoms with Gasteiger partial charge in [-0.15, -0.1) is 11.8 Å². The maximum atomic E-state index is 12.1. The van der Waals surface area contributed by atoms with Crippen molar-refractivity contribution in [1.82, 2.24) is 4.90 Å². The molecule has 0 saturated carbocycles. The van der Waals surface area contributed by atoms with Crippen LogP contribution < -0.4 is 5.32 Å². The molecule has 1 heterocycles. The quantitative estimate of drug-likeness (QED) is 0.722. The summed E-state index contributed by atoms with van der Waals surface area (Å²) in [6.07, 6.45) is 3.12. The summed E-state index contributed by atoms with van der Waals surface area (Å²) in [7, 11) is 0. The third kappa shape index (κ3) is 6.90. The number of thioether (sulfide) groups is 1. The predicted octanol–water partition coefficient (Wildman–Crippen LogP) is 2.92. The van der Waals surface area contributed by atoms with Crippen LogP contribution in [0.15, 0.2) is 18.2 Å². The minimum Gasteiger partial charge on any atom is -0.455 e. The average molecular weight is 393 g/mol. The zero-order chi connectivity index (χ0) is 19.8. The van der Waals surface area contributed by atoms with Crippen LogP contribution in [0.3, 0.4) is 0 Å². The number of benzene rings is 1. The van der Waals surface area contributed by atoms with Gasteiger partial charge in [-0.05, 0) is 51.7 Å². The lowest BCUT2D eigenvalue weighted by molar-refractivity contribution is -0.151. The number of hydrogen-bond acceptors (Lipinski definition) is 5. The summed E-state index contributed by atoms with van der Waals surface area (Å²) < 4.78 is 5.06. The smallest absolute Gasteiger partial charge is 0.316 e. The van der Waals surface area contributed by atoms with Crippen molar-refractivity contribution < 1.29 is 19.1 Å². The van der Waals surface area contributed by atoms with E-state index < -0.39 is 5.97 Å². The van der Waals surface area contributed by atoms with Crippen LogP contribution in [0.2, 0.25) is 0 Å². The van der Waals surface area contributed by atoms with Gasteiger partial charge < -0.3 is 15.0 Å². The minimum atomic E-state index is -0.475. The molecular formula is C20H28N2O4S. The second-order valence-corrected chi connectivity index (χ2v) is 7.94. The van der Waals surface area contributed by atoms with Gasteiger partial charge in [-0.3, -0.25) is 14.4 Å². The Morgan fingerprint density at radius 1 is 1.22 bits per heavy atom. The van der Waals surface area contributed by atoms with E-state index in [2.05, 4.69) is 5.32 Å². The van der Waals surface area contributed by atoms with Crippen LogP contribution >= 0.6 is 11.8 Å². The molecule has 1 aromatic carbocycles. The average Bonchev–Trinajstić information content (AvgIpc) is 2.62. The van der Waals surface area contributed by atoms with Crippen molar-refractivity contribution in [2.75, 3.05) is 30.0 Å². The molecule has 148 valence electrons. The molecule has 2 rings (SSSR count). The Hall–Kier alpha value is -2.02. The standard InChI is InChI=1S/C20H28N2O4S/c1-14-7-8-17(15(2)10-14)21-18(23)12-27-13-20(25)26-11-19(24)22-9-5-4-6-16(22)3/h7-8,10,16H,4-6,9,11-13H2,1-3H3,(H,21,23)/t16-/m1/s1. The van der Waals surface area contributed by atoms with Gasteiger partial charge in [0.2, 0.25) is 5.91 Å². The van der Waals surface area contributed by atoms with Crippen LogP contribution in [0.5, 0.6) is 0 Å². The van der Waals surface area contributed by atoms with Crippen molar-refractivity contribution in [3.8, 4) is 0 Å². The monoisotopic (exact) mass is 392 g/mol. The number of piperidine rings is 1. The number of nitrogens with zero attached hydrogens (tertiary/aromatic N) is 1. The van der Waals surface area contributed by atoms with E-state index in [0.29, 0.717) is 0 Å². The van der Waals surface area contributed by atoms with Gasteiger partial charge in [0.15, 0.2) is 6.61 Å². The predicted molar refractivity (Wildman–Crippen MR) is 108 cm³/mol. The van der Waals surface area contributed by atoms with E-state index >= 15 is 0 Å². The van der Waals surface area contributed by atoms with E-state index in [1.807, 2.05) is 39.0 Å². The fraction of sp³-hybridized carbons (Fsp3) is 0.550. The molecule has 0 radical (unpaired) electrons. The Bertz CT molecular complexity index is 693. The normalized spacial score (nSPS) is 16.7. The molecule has 6 nitrogen and oxygen atoms in total. The van der Waals surface area contributed by atoms with Crippen LogP contribution in [-0.4, -0.2) is 53.4 Å². The fourth-order valence-corrected chi connectivity index (χ4v) is 3.71. The first kappa shape index (κ1) is 21.3. The second-order valence-electron chi connectivity index (χ2n) is 6.95. The van der Waals surface area contributed by atoms with Crippen molar-refractivity contribution in [1.29, 1.82) is 0 Å². The van der Waals surface area contributed by atoms with Crippen molar-refractivity contribution in [3.63, 3.8) is 0 Å². The molecule has 1 atom stereocenters. The molecule has 7 heteroatoms. The van der Waals surface area contributed by atoms with Gasteiger partial charge in [-0.25, -0.2) is 0 Å². The number of hydrogen-bond donors (Lipinski definition) is 1. The Kier molecular flexibility index (Phi) is 8.16. The molecule has 0 bridgehead atoms. The Balaban J connectivity index is 1.65. The van der Waals surface area contributed by atoms with Crippen LogP contribution in [0.1, 0.15) is 37.3 Å². The highest BCUT2D eigenvalue weighted by molar-refractivity contribution is 8.00. The Morgan fingerprint density at radius 3 is 2.70 bits per heavy atom. The Labute approximate surface area is 165 Å². The summed E-state index contributed by atoms with van der Waals surface area (Å²) in [5, 5.41) is 2.84. The number of carbonyl (C=O) groups excluding carboxylic acids is 3. The highest BCUT2D eigenvalue weighted by Crippen LogP contribution is 2.17. The van der Waals surface area contributed by atoms with Crippen molar-refractivity contribution >= 4 is 35.2 Å². The molecule has 1 saturated heterocycles. The molecule has 2 amide bonds. The number of nitrogens with one attached hydrogen (secondary N) is 1. The van der Waals surface area contributed by atoms with Gasteiger partial charge in [0.25, 0.3) is 5.91 Å². The van der Waals surface area contributed by atoms with Gasteiger partial charge in [0.05, 0.1) is 11.5 Å². The summed E-state index contributed by atoms with van der Waals surface area (Å²) in [5.41, 5.74) is 2.91. The number of carbonyl (C=O) groups is 3. The van der Waals surface area contributed by atoms with Crippen LogP contribution in [0, 0.1) is 13.8 Å². The second kappa shape index (κ2) is 10.3. The van der Waals surface area contributed by atoms with E-state index in [-0.39, 0.29) is 36.0 Å².